The zero-order valence-corrected chi connectivity index (χ0v) is 10.5. The van der Waals surface area contributed by atoms with Gasteiger partial charge in [0.2, 0.25) is 0 Å². The van der Waals surface area contributed by atoms with Crippen LogP contribution in [0, 0.1) is 6.92 Å². The number of nitrogen functional groups attached to an aromatic ring is 1. The summed E-state index contributed by atoms with van der Waals surface area (Å²) < 4.78 is 1.97. The van der Waals surface area contributed by atoms with Crippen LogP contribution in [0.3, 0.4) is 0 Å². The first-order valence-corrected chi connectivity index (χ1v) is 5.91. The van der Waals surface area contributed by atoms with Gasteiger partial charge in [0, 0.05) is 17.5 Å². The highest BCUT2D eigenvalue weighted by molar-refractivity contribution is 5.61. The summed E-state index contributed by atoms with van der Waals surface area (Å²) in [7, 11) is 0. The molecule has 2 N–H and O–H groups in total. The van der Waals surface area contributed by atoms with E-state index in [1.165, 1.54) is 0 Å². The molecule has 5 nitrogen and oxygen atoms in total. The number of aromatic nitrogens is 4. The maximum Gasteiger partial charge on any atom is 0.123 e. The Kier molecular flexibility index (Phi) is 2.72. The molecule has 0 aromatic carbocycles. The average Bonchev–Trinajstić information content (AvgIpc) is 2.90. The van der Waals surface area contributed by atoms with Crippen LogP contribution in [0.1, 0.15) is 5.69 Å². The van der Waals surface area contributed by atoms with Gasteiger partial charge in [-0.1, -0.05) is 0 Å². The molecule has 0 aliphatic rings. The van der Waals surface area contributed by atoms with Crippen molar-refractivity contribution in [2.45, 2.75) is 6.92 Å². The molecular formula is C14H13N5. The van der Waals surface area contributed by atoms with Crippen LogP contribution in [0.2, 0.25) is 0 Å². The van der Waals surface area contributed by atoms with E-state index in [4.69, 9.17) is 5.73 Å². The Bertz CT molecular complexity index is 623. The van der Waals surface area contributed by atoms with Crippen molar-refractivity contribution in [2.75, 3.05) is 5.73 Å². The Morgan fingerprint density at radius 2 is 1.89 bits per heavy atom. The highest BCUT2D eigenvalue weighted by Gasteiger charge is 2.07. The molecule has 0 amide bonds. The molecule has 3 aromatic heterocycles. The van der Waals surface area contributed by atoms with Crippen molar-refractivity contribution >= 4 is 5.82 Å². The maximum absolute atomic E-state index is 5.60. The number of imidazole rings is 1. The third-order valence-corrected chi connectivity index (χ3v) is 2.89. The number of hydrogen-bond acceptors (Lipinski definition) is 4. The van der Waals surface area contributed by atoms with Crippen LogP contribution in [0.5, 0.6) is 0 Å². The summed E-state index contributed by atoms with van der Waals surface area (Å²) in [6, 6.07) is 7.69. The molecule has 0 aliphatic heterocycles. The first-order valence-electron chi connectivity index (χ1n) is 5.91. The molecule has 0 aliphatic carbocycles. The summed E-state index contributed by atoms with van der Waals surface area (Å²) >= 11 is 0. The van der Waals surface area contributed by atoms with Crippen molar-refractivity contribution in [3.05, 3.63) is 54.9 Å². The van der Waals surface area contributed by atoms with Crippen molar-refractivity contribution in [1.82, 2.24) is 19.5 Å². The molecule has 19 heavy (non-hydrogen) atoms. The van der Waals surface area contributed by atoms with Crippen LogP contribution in [-0.4, -0.2) is 19.5 Å². The van der Waals surface area contributed by atoms with Crippen molar-refractivity contribution < 1.29 is 0 Å². The second-order valence-corrected chi connectivity index (χ2v) is 4.28. The van der Waals surface area contributed by atoms with Gasteiger partial charge in [0.1, 0.15) is 5.82 Å². The fourth-order valence-electron chi connectivity index (χ4n) is 1.87. The van der Waals surface area contributed by atoms with Crippen LogP contribution < -0.4 is 5.73 Å². The van der Waals surface area contributed by atoms with E-state index in [-0.39, 0.29) is 0 Å². The Hall–Kier alpha value is -2.69. The predicted octanol–water partition coefficient (Wildman–Crippen LogP) is 2.22. The first kappa shape index (κ1) is 11.4. The maximum atomic E-state index is 5.60. The van der Waals surface area contributed by atoms with E-state index in [9.17, 15) is 0 Å². The predicted molar refractivity (Wildman–Crippen MR) is 73.7 cm³/mol. The van der Waals surface area contributed by atoms with Gasteiger partial charge in [0.05, 0.1) is 30.1 Å². The monoisotopic (exact) mass is 251 g/mol. The van der Waals surface area contributed by atoms with Gasteiger partial charge in [-0.2, -0.15) is 0 Å². The summed E-state index contributed by atoms with van der Waals surface area (Å²) in [6.45, 7) is 1.96. The molecule has 0 radical (unpaired) electrons. The van der Waals surface area contributed by atoms with E-state index < -0.39 is 0 Å². The van der Waals surface area contributed by atoms with Gasteiger partial charge in [0.15, 0.2) is 0 Å². The molecule has 0 unspecified atom stereocenters. The molecule has 5 heteroatoms. The third kappa shape index (κ3) is 2.18. The molecule has 0 bridgehead atoms. The zero-order valence-electron chi connectivity index (χ0n) is 10.5. The lowest BCUT2D eigenvalue weighted by Crippen LogP contribution is -1.97. The lowest BCUT2D eigenvalue weighted by molar-refractivity contribution is 1.03. The van der Waals surface area contributed by atoms with E-state index in [2.05, 4.69) is 15.0 Å². The van der Waals surface area contributed by atoms with E-state index >= 15 is 0 Å². The van der Waals surface area contributed by atoms with Crippen molar-refractivity contribution in [3.8, 4) is 16.9 Å². The van der Waals surface area contributed by atoms with Gasteiger partial charge in [-0.25, -0.2) is 9.97 Å². The number of aryl methyl sites for hydroxylation is 1. The third-order valence-electron chi connectivity index (χ3n) is 2.89. The van der Waals surface area contributed by atoms with Gasteiger partial charge >= 0.3 is 0 Å². The summed E-state index contributed by atoms with van der Waals surface area (Å²) in [5, 5.41) is 0. The minimum absolute atomic E-state index is 0.506. The normalized spacial score (nSPS) is 10.6. The van der Waals surface area contributed by atoms with Crippen LogP contribution >= 0.6 is 0 Å². The fourth-order valence-corrected chi connectivity index (χ4v) is 1.87. The molecule has 0 saturated carbocycles. The lowest BCUT2D eigenvalue weighted by Gasteiger charge is -2.08. The number of rotatable bonds is 2. The molecular weight excluding hydrogens is 238 g/mol. The Balaban J connectivity index is 2.07. The number of nitrogens with zero attached hydrogens (tertiary/aromatic N) is 4. The quantitative estimate of drug-likeness (QED) is 0.758. The van der Waals surface area contributed by atoms with Gasteiger partial charge < -0.3 is 5.73 Å². The van der Waals surface area contributed by atoms with E-state index in [1.54, 1.807) is 24.8 Å². The molecule has 0 fully saturated rings. The van der Waals surface area contributed by atoms with Gasteiger partial charge in [0.25, 0.3) is 0 Å². The molecule has 0 atom stereocenters. The smallest absolute Gasteiger partial charge is 0.123 e. The average molecular weight is 251 g/mol. The highest BCUT2D eigenvalue weighted by atomic mass is 15.1. The van der Waals surface area contributed by atoms with Crippen molar-refractivity contribution in [3.63, 3.8) is 0 Å². The lowest BCUT2D eigenvalue weighted by atomic mass is 10.2. The second-order valence-electron chi connectivity index (χ2n) is 4.28. The summed E-state index contributed by atoms with van der Waals surface area (Å²) in [4.78, 5) is 12.6. The Labute approximate surface area is 110 Å². The van der Waals surface area contributed by atoms with E-state index in [0.29, 0.717) is 5.82 Å². The van der Waals surface area contributed by atoms with E-state index in [1.807, 2.05) is 35.9 Å². The van der Waals surface area contributed by atoms with Crippen molar-refractivity contribution in [1.29, 1.82) is 0 Å². The van der Waals surface area contributed by atoms with Crippen molar-refractivity contribution in [2.24, 2.45) is 0 Å². The van der Waals surface area contributed by atoms with Crippen LogP contribution in [0.25, 0.3) is 16.9 Å². The zero-order chi connectivity index (χ0) is 13.2. The number of nitrogens with two attached hydrogens (primary N) is 1. The molecule has 0 saturated heterocycles. The second kappa shape index (κ2) is 4.53. The minimum Gasteiger partial charge on any atom is -0.384 e. The number of hydrogen-bond donors (Lipinski definition) is 1. The van der Waals surface area contributed by atoms with Gasteiger partial charge in [-0.3, -0.25) is 9.55 Å². The van der Waals surface area contributed by atoms with Crippen LogP contribution in [-0.2, 0) is 0 Å². The minimum atomic E-state index is 0.506. The number of pyridine rings is 2. The van der Waals surface area contributed by atoms with Crippen LogP contribution in [0.15, 0.2) is 49.2 Å². The van der Waals surface area contributed by atoms with Gasteiger partial charge in [-0.05, 0) is 31.2 Å². The largest absolute Gasteiger partial charge is 0.384 e. The summed E-state index contributed by atoms with van der Waals surface area (Å²) in [5.41, 5.74) is 9.48. The van der Waals surface area contributed by atoms with E-state index in [0.717, 1.165) is 22.6 Å². The Morgan fingerprint density at radius 1 is 1.00 bits per heavy atom. The summed E-state index contributed by atoms with van der Waals surface area (Å²) in [5.74, 6) is 0.506. The first-order chi connectivity index (χ1) is 9.24. The molecule has 0 spiro atoms. The molecule has 3 heterocycles. The molecule has 3 rings (SSSR count). The standard InChI is InChI=1S/C14H13N5/c1-10-2-4-12(7-17-10)19-9-16-8-13(19)11-3-5-14(15)18-6-11/h2-9H,1H3,(H2,15,18). The Morgan fingerprint density at radius 3 is 2.58 bits per heavy atom. The summed E-state index contributed by atoms with van der Waals surface area (Å²) in [6.07, 6.45) is 7.13. The van der Waals surface area contributed by atoms with Crippen LogP contribution in [0.4, 0.5) is 5.82 Å². The molecule has 94 valence electrons. The molecule has 3 aromatic rings. The van der Waals surface area contributed by atoms with Gasteiger partial charge in [-0.15, -0.1) is 0 Å². The SMILES string of the molecule is Cc1ccc(-n2cncc2-c2ccc(N)nc2)cn1. The number of anilines is 1. The highest BCUT2D eigenvalue weighted by Crippen LogP contribution is 2.22. The topological polar surface area (TPSA) is 69.6 Å². The fraction of sp³-hybridized carbons (Fsp3) is 0.0714.